The van der Waals surface area contributed by atoms with Gasteiger partial charge in [-0.3, -0.25) is 4.79 Å². The minimum absolute atomic E-state index is 0.0492. The van der Waals surface area contributed by atoms with Crippen LogP contribution >= 0.6 is 0 Å². The van der Waals surface area contributed by atoms with Crippen molar-refractivity contribution >= 4 is 11.0 Å². The molecule has 1 atom stereocenters. The lowest BCUT2D eigenvalue weighted by atomic mass is 10.0. The summed E-state index contributed by atoms with van der Waals surface area (Å²) in [6, 6.07) is 7.61. The van der Waals surface area contributed by atoms with Crippen molar-refractivity contribution in [3.8, 4) is 0 Å². The fourth-order valence-electron chi connectivity index (χ4n) is 2.86. The molecule has 0 bridgehead atoms. The standard InChI is InChI=1S/C18H18N6O3/c1-11-3-5-12(6-4-11)14(25)7-15-21-16(27-22-15)9-24-18(26)17-13(8-20-24)19-10-23(17)2/h3-6,8,10,14,25H,7,9H2,1-2H3/t14-/m0/s1. The van der Waals surface area contributed by atoms with Gasteiger partial charge >= 0.3 is 0 Å². The summed E-state index contributed by atoms with van der Waals surface area (Å²) in [5, 5.41) is 18.3. The molecule has 9 nitrogen and oxygen atoms in total. The number of aliphatic hydroxyl groups is 1. The van der Waals surface area contributed by atoms with Crippen LogP contribution in [0.15, 0.2) is 46.1 Å². The highest BCUT2D eigenvalue weighted by atomic mass is 16.5. The van der Waals surface area contributed by atoms with E-state index in [0.717, 1.165) is 11.1 Å². The molecule has 138 valence electrons. The van der Waals surface area contributed by atoms with Crippen LogP contribution in [0.5, 0.6) is 0 Å². The second-order valence-electron chi connectivity index (χ2n) is 6.43. The van der Waals surface area contributed by atoms with Gasteiger partial charge in [0.05, 0.1) is 18.6 Å². The maximum absolute atomic E-state index is 12.5. The first-order chi connectivity index (χ1) is 13.0. The van der Waals surface area contributed by atoms with Crippen molar-refractivity contribution in [2.24, 2.45) is 7.05 Å². The highest BCUT2D eigenvalue weighted by molar-refractivity contribution is 5.72. The van der Waals surface area contributed by atoms with Crippen molar-refractivity contribution in [3.63, 3.8) is 0 Å². The average Bonchev–Trinajstić information content (AvgIpc) is 3.25. The van der Waals surface area contributed by atoms with E-state index in [2.05, 4.69) is 20.2 Å². The monoisotopic (exact) mass is 366 g/mol. The summed E-state index contributed by atoms with van der Waals surface area (Å²) >= 11 is 0. The van der Waals surface area contributed by atoms with Gasteiger partial charge in [0.25, 0.3) is 5.56 Å². The maximum Gasteiger partial charge on any atom is 0.293 e. The molecule has 4 rings (SSSR count). The van der Waals surface area contributed by atoms with Gasteiger partial charge in [-0.15, -0.1) is 0 Å². The van der Waals surface area contributed by atoms with E-state index in [1.165, 1.54) is 10.9 Å². The van der Waals surface area contributed by atoms with Crippen LogP contribution in [0.4, 0.5) is 0 Å². The maximum atomic E-state index is 12.5. The van der Waals surface area contributed by atoms with Crippen LogP contribution in [0.3, 0.4) is 0 Å². The van der Waals surface area contributed by atoms with Crippen molar-refractivity contribution in [1.29, 1.82) is 0 Å². The Hall–Kier alpha value is -3.33. The molecule has 3 aromatic heterocycles. The van der Waals surface area contributed by atoms with E-state index >= 15 is 0 Å². The zero-order valence-corrected chi connectivity index (χ0v) is 14.9. The summed E-state index contributed by atoms with van der Waals surface area (Å²) < 4.78 is 8.10. The van der Waals surface area contributed by atoms with Crippen LogP contribution in [0.25, 0.3) is 11.0 Å². The number of fused-ring (bicyclic) bond motifs is 1. The lowest BCUT2D eigenvalue weighted by molar-refractivity contribution is 0.174. The average molecular weight is 366 g/mol. The zero-order chi connectivity index (χ0) is 19.0. The zero-order valence-electron chi connectivity index (χ0n) is 14.9. The molecule has 1 aromatic carbocycles. The molecule has 0 amide bonds. The first-order valence-electron chi connectivity index (χ1n) is 8.44. The lowest BCUT2D eigenvalue weighted by Crippen LogP contribution is -2.24. The number of aryl methyl sites for hydroxylation is 2. The van der Waals surface area contributed by atoms with Gasteiger partial charge in [-0.2, -0.15) is 10.1 Å². The molecule has 27 heavy (non-hydrogen) atoms. The van der Waals surface area contributed by atoms with Crippen LogP contribution in [-0.2, 0) is 20.0 Å². The Balaban J connectivity index is 1.51. The van der Waals surface area contributed by atoms with Crippen molar-refractivity contribution in [1.82, 2.24) is 29.5 Å². The number of imidazole rings is 1. The molecule has 4 aromatic rings. The van der Waals surface area contributed by atoms with Crippen molar-refractivity contribution in [2.45, 2.75) is 26.0 Å². The minimum atomic E-state index is -0.734. The molecule has 0 spiro atoms. The van der Waals surface area contributed by atoms with Crippen LogP contribution in [-0.4, -0.2) is 34.6 Å². The van der Waals surface area contributed by atoms with Gasteiger partial charge in [0.2, 0.25) is 5.89 Å². The van der Waals surface area contributed by atoms with Gasteiger partial charge in [0.15, 0.2) is 5.82 Å². The normalized spacial score (nSPS) is 12.6. The molecule has 0 saturated carbocycles. The molecule has 0 radical (unpaired) electrons. The Morgan fingerprint density at radius 2 is 2.04 bits per heavy atom. The smallest absolute Gasteiger partial charge is 0.293 e. The predicted octanol–water partition coefficient (Wildman–Crippen LogP) is 1.15. The van der Waals surface area contributed by atoms with E-state index in [-0.39, 0.29) is 24.4 Å². The third-order valence-corrected chi connectivity index (χ3v) is 4.35. The van der Waals surface area contributed by atoms with E-state index in [1.807, 2.05) is 31.2 Å². The summed E-state index contributed by atoms with van der Waals surface area (Å²) in [5.74, 6) is 0.616. The van der Waals surface area contributed by atoms with Gasteiger partial charge in [0, 0.05) is 13.5 Å². The highest BCUT2D eigenvalue weighted by Crippen LogP contribution is 2.17. The van der Waals surface area contributed by atoms with E-state index in [0.29, 0.717) is 16.9 Å². The Morgan fingerprint density at radius 1 is 1.26 bits per heavy atom. The number of rotatable bonds is 5. The summed E-state index contributed by atoms with van der Waals surface area (Å²) in [5.41, 5.74) is 2.61. The van der Waals surface area contributed by atoms with E-state index < -0.39 is 6.10 Å². The number of hydrogen-bond donors (Lipinski definition) is 1. The summed E-state index contributed by atoms with van der Waals surface area (Å²) in [7, 11) is 1.75. The van der Waals surface area contributed by atoms with Crippen LogP contribution in [0, 0.1) is 6.92 Å². The fraction of sp³-hybridized carbons (Fsp3) is 0.278. The third-order valence-electron chi connectivity index (χ3n) is 4.35. The number of aromatic nitrogens is 6. The third kappa shape index (κ3) is 3.36. The van der Waals surface area contributed by atoms with Crippen LogP contribution in [0.1, 0.15) is 28.9 Å². The van der Waals surface area contributed by atoms with Crippen molar-refractivity contribution in [2.75, 3.05) is 0 Å². The molecule has 0 aliphatic rings. The lowest BCUT2D eigenvalue weighted by Gasteiger charge is -2.08. The first-order valence-corrected chi connectivity index (χ1v) is 8.44. The second kappa shape index (κ2) is 6.76. The Labute approximate surface area is 153 Å². The van der Waals surface area contributed by atoms with Crippen LogP contribution in [0.2, 0.25) is 0 Å². The number of nitrogens with zero attached hydrogens (tertiary/aromatic N) is 6. The molecule has 0 aliphatic heterocycles. The van der Waals surface area contributed by atoms with Gasteiger partial charge in [0.1, 0.15) is 17.6 Å². The molecule has 9 heteroatoms. The molecular formula is C18H18N6O3. The molecule has 0 saturated heterocycles. The minimum Gasteiger partial charge on any atom is -0.388 e. The van der Waals surface area contributed by atoms with Crippen LogP contribution < -0.4 is 5.56 Å². The molecule has 0 aliphatic carbocycles. The topological polar surface area (TPSA) is 112 Å². The van der Waals surface area contributed by atoms with Crippen molar-refractivity contribution < 1.29 is 9.63 Å². The number of aliphatic hydroxyl groups excluding tert-OH is 1. The van der Waals surface area contributed by atoms with E-state index in [1.54, 1.807) is 17.9 Å². The number of hydrogen-bond acceptors (Lipinski definition) is 7. The summed E-state index contributed by atoms with van der Waals surface area (Å²) in [6.07, 6.45) is 2.57. The SMILES string of the molecule is Cc1ccc([C@@H](O)Cc2noc(Cn3ncc4ncn(C)c4c3=O)n2)cc1. The van der Waals surface area contributed by atoms with E-state index in [9.17, 15) is 9.90 Å². The van der Waals surface area contributed by atoms with Crippen molar-refractivity contribution in [3.05, 3.63) is 70.0 Å². The highest BCUT2D eigenvalue weighted by Gasteiger charge is 2.16. The van der Waals surface area contributed by atoms with Gasteiger partial charge in [-0.25, -0.2) is 9.67 Å². The Kier molecular flexibility index (Phi) is 4.28. The summed E-state index contributed by atoms with van der Waals surface area (Å²) in [6.45, 7) is 2.04. The second-order valence-corrected chi connectivity index (χ2v) is 6.43. The van der Waals surface area contributed by atoms with Gasteiger partial charge < -0.3 is 14.2 Å². The number of benzene rings is 1. The molecule has 0 fully saturated rings. The largest absolute Gasteiger partial charge is 0.388 e. The predicted molar refractivity (Wildman–Crippen MR) is 96.0 cm³/mol. The molecule has 0 unspecified atom stereocenters. The van der Waals surface area contributed by atoms with Gasteiger partial charge in [-0.05, 0) is 12.5 Å². The Bertz CT molecular complexity index is 1140. The quantitative estimate of drug-likeness (QED) is 0.564. The first kappa shape index (κ1) is 17.1. The Morgan fingerprint density at radius 3 is 2.81 bits per heavy atom. The molecule has 3 heterocycles. The summed E-state index contributed by atoms with van der Waals surface area (Å²) in [4.78, 5) is 20.9. The van der Waals surface area contributed by atoms with Gasteiger partial charge in [-0.1, -0.05) is 35.0 Å². The van der Waals surface area contributed by atoms with E-state index in [4.69, 9.17) is 4.52 Å². The fourth-order valence-corrected chi connectivity index (χ4v) is 2.86. The molecular weight excluding hydrogens is 348 g/mol. The molecule has 1 N–H and O–H groups in total.